The SMILES string of the molecule is Cc1nc2cc(C(N)=O)ccc2n1Cc1ccc(P(O)O)cc1. The number of carbonyl (C=O) groups is 1. The average Bonchev–Trinajstić information content (AvgIpc) is 2.83. The van der Waals surface area contributed by atoms with Crippen LogP contribution in [0.4, 0.5) is 0 Å². The number of aryl methyl sites for hydroxylation is 1. The Kier molecular flexibility index (Phi) is 4.13. The zero-order chi connectivity index (χ0) is 16.6. The molecular weight excluding hydrogens is 313 g/mol. The highest BCUT2D eigenvalue weighted by atomic mass is 31.2. The Hall–Kier alpha value is -2.27. The first kappa shape index (κ1) is 15.6. The molecule has 23 heavy (non-hydrogen) atoms. The van der Waals surface area contributed by atoms with Crippen LogP contribution in [0.15, 0.2) is 42.5 Å². The van der Waals surface area contributed by atoms with Gasteiger partial charge < -0.3 is 20.1 Å². The number of fused-ring (bicyclic) bond motifs is 1. The van der Waals surface area contributed by atoms with Gasteiger partial charge in [-0.2, -0.15) is 0 Å². The number of amides is 1. The summed E-state index contributed by atoms with van der Waals surface area (Å²) < 4.78 is 2.04. The summed E-state index contributed by atoms with van der Waals surface area (Å²) in [4.78, 5) is 34.1. The van der Waals surface area contributed by atoms with Crippen molar-refractivity contribution in [2.75, 3.05) is 0 Å². The molecular formula is C16H16N3O3P. The van der Waals surface area contributed by atoms with E-state index in [-0.39, 0.29) is 0 Å². The summed E-state index contributed by atoms with van der Waals surface area (Å²) in [7, 11) is -2.07. The lowest BCUT2D eigenvalue weighted by Crippen LogP contribution is -2.10. The van der Waals surface area contributed by atoms with E-state index < -0.39 is 14.3 Å². The maximum absolute atomic E-state index is 11.3. The number of carbonyl (C=O) groups excluding carboxylic acids is 1. The van der Waals surface area contributed by atoms with Crippen LogP contribution in [-0.4, -0.2) is 25.2 Å². The van der Waals surface area contributed by atoms with E-state index in [0.29, 0.717) is 17.4 Å². The van der Waals surface area contributed by atoms with Gasteiger partial charge in [-0.15, -0.1) is 0 Å². The number of primary amides is 1. The van der Waals surface area contributed by atoms with Crippen LogP contribution in [0, 0.1) is 6.92 Å². The summed E-state index contributed by atoms with van der Waals surface area (Å²) in [6.45, 7) is 2.51. The second-order valence-corrected chi connectivity index (χ2v) is 6.36. The smallest absolute Gasteiger partial charge is 0.248 e. The van der Waals surface area contributed by atoms with Crippen LogP contribution in [-0.2, 0) is 6.54 Å². The first-order chi connectivity index (χ1) is 11.0. The average molecular weight is 329 g/mol. The van der Waals surface area contributed by atoms with Gasteiger partial charge in [-0.05, 0) is 42.8 Å². The molecule has 4 N–H and O–H groups in total. The summed E-state index contributed by atoms with van der Waals surface area (Å²) in [5.41, 5.74) is 8.40. The molecule has 1 aromatic heterocycles. The Balaban J connectivity index is 1.96. The van der Waals surface area contributed by atoms with E-state index in [1.807, 2.05) is 29.7 Å². The molecule has 3 aromatic rings. The van der Waals surface area contributed by atoms with Gasteiger partial charge in [0.25, 0.3) is 0 Å². The molecule has 7 heteroatoms. The van der Waals surface area contributed by atoms with Crippen molar-refractivity contribution in [3.05, 3.63) is 59.4 Å². The fourth-order valence-electron chi connectivity index (χ4n) is 2.52. The van der Waals surface area contributed by atoms with Crippen molar-refractivity contribution in [2.45, 2.75) is 13.5 Å². The van der Waals surface area contributed by atoms with Gasteiger partial charge in [-0.25, -0.2) is 4.98 Å². The maximum atomic E-state index is 11.3. The Morgan fingerprint density at radius 1 is 1.22 bits per heavy atom. The molecule has 3 rings (SSSR count). The molecule has 0 bridgehead atoms. The zero-order valence-corrected chi connectivity index (χ0v) is 13.4. The molecule has 0 aliphatic rings. The lowest BCUT2D eigenvalue weighted by Gasteiger charge is -2.09. The van der Waals surface area contributed by atoms with E-state index in [9.17, 15) is 14.6 Å². The molecule has 0 spiro atoms. The number of imidazole rings is 1. The second-order valence-electron chi connectivity index (χ2n) is 5.27. The van der Waals surface area contributed by atoms with Crippen LogP contribution in [0.1, 0.15) is 21.7 Å². The van der Waals surface area contributed by atoms with Crippen LogP contribution in [0.5, 0.6) is 0 Å². The van der Waals surface area contributed by atoms with Gasteiger partial charge in [-0.3, -0.25) is 4.79 Å². The quantitative estimate of drug-likeness (QED) is 0.630. The summed E-state index contributed by atoms with van der Waals surface area (Å²) in [6, 6.07) is 12.4. The van der Waals surface area contributed by atoms with Gasteiger partial charge in [-0.1, -0.05) is 12.1 Å². The highest BCUT2D eigenvalue weighted by molar-refractivity contribution is 7.54. The first-order valence-electron chi connectivity index (χ1n) is 6.99. The van der Waals surface area contributed by atoms with Crippen molar-refractivity contribution in [3.8, 4) is 0 Å². The van der Waals surface area contributed by atoms with Crippen molar-refractivity contribution in [1.29, 1.82) is 0 Å². The fraction of sp³-hybridized carbons (Fsp3) is 0.125. The molecule has 6 nitrogen and oxygen atoms in total. The van der Waals surface area contributed by atoms with E-state index in [1.165, 1.54) is 0 Å². The van der Waals surface area contributed by atoms with Crippen LogP contribution < -0.4 is 11.0 Å². The largest absolute Gasteiger partial charge is 0.366 e. The van der Waals surface area contributed by atoms with Crippen molar-refractivity contribution in [1.82, 2.24) is 9.55 Å². The van der Waals surface area contributed by atoms with E-state index in [4.69, 9.17) is 5.73 Å². The third-order valence-corrected chi connectivity index (χ3v) is 4.49. The molecule has 118 valence electrons. The van der Waals surface area contributed by atoms with E-state index >= 15 is 0 Å². The molecule has 0 radical (unpaired) electrons. The van der Waals surface area contributed by atoms with E-state index in [0.717, 1.165) is 22.4 Å². The molecule has 0 aliphatic carbocycles. The van der Waals surface area contributed by atoms with Crippen LogP contribution >= 0.6 is 8.38 Å². The molecule has 1 amide bonds. The molecule has 0 saturated carbocycles. The lowest BCUT2D eigenvalue weighted by molar-refractivity contribution is 0.100. The fourth-order valence-corrected chi connectivity index (χ4v) is 2.94. The number of rotatable bonds is 4. The molecule has 0 unspecified atom stereocenters. The van der Waals surface area contributed by atoms with E-state index in [2.05, 4.69) is 4.98 Å². The van der Waals surface area contributed by atoms with Gasteiger partial charge in [0, 0.05) is 17.4 Å². The Bertz CT molecular complexity index is 872. The van der Waals surface area contributed by atoms with E-state index in [1.54, 1.807) is 24.3 Å². The summed E-state index contributed by atoms with van der Waals surface area (Å²) >= 11 is 0. The Morgan fingerprint density at radius 2 is 1.91 bits per heavy atom. The van der Waals surface area contributed by atoms with Gasteiger partial charge in [0.2, 0.25) is 5.91 Å². The number of benzene rings is 2. The molecule has 0 fully saturated rings. The minimum atomic E-state index is -2.07. The number of hydrogen-bond acceptors (Lipinski definition) is 4. The minimum Gasteiger partial charge on any atom is -0.366 e. The lowest BCUT2D eigenvalue weighted by atomic mass is 10.2. The van der Waals surface area contributed by atoms with Gasteiger partial charge >= 0.3 is 0 Å². The number of hydrogen-bond donors (Lipinski definition) is 3. The predicted octanol–water partition coefficient (Wildman–Crippen LogP) is 1.41. The van der Waals surface area contributed by atoms with Crippen LogP contribution in [0.3, 0.4) is 0 Å². The predicted molar refractivity (Wildman–Crippen MR) is 89.5 cm³/mol. The Morgan fingerprint density at radius 3 is 2.52 bits per heavy atom. The molecule has 2 aromatic carbocycles. The first-order valence-corrected chi connectivity index (χ1v) is 8.24. The van der Waals surface area contributed by atoms with Crippen molar-refractivity contribution in [2.24, 2.45) is 5.73 Å². The number of nitrogens with two attached hydrogens (primary N) is 1. The third-order valence-electron chi connectivity index (χ3n) is 3.73. The van der Waals surface area contributed by atoms with Crippen LogP contribution in [0.2, 0.25) is 0 Å². The summed E-state index contributed by atoms with van der Waals surface area (Å²) in [6.07, 6.45) is 0. The minimum absolute atomic E-state index is 0.436. The van der Waals surface area contributed by atoms with Crippen LogP contribution in [0.25, 0.3) is 11.0 Å². The standard InChI is InChI=1S/C16H16N3O3P/c1-10-18-14-8-12(16(17)20)4-7-15(14)19(10)9-11-2-5-13(6-3-11)23(21)22/h2-8,21-22H,9H2,1H3,(H2,17,20). The number of aromatic nitrogens is 2. The topological polar surface area (TPSA) is 101 Å². The van der Waals surface area contributed by atoms with Crippen molar-refractivity contribution < 1.29 is 14.6 Å². The normalized spacial score (nSPS) is 11.3. The Labute approximate surface area is 134 Å². The summed E-state index contributed by atoms with van der Waals surface area (Å²) in [5, 5.41) is 0.516. The van der Waals surface area contributed by atoms with Crippen molar-refractivity contribution in [3.63, 3.8) is 0 Å². The second kappa shape index (κ2) is 6.08. The molecule has 0 atom stereocenters. The van der Waals surface area contributed by atoms with Gasteiger partial charge in [0.15, 0.2) is 8.38 Å². The molecule has 1 heterocycles. The summed E-state index contributed by atoms with van der Waals surface area (Å²) in [5.74, 6) is 0.358. The van der Waals surface area contributed by atoms with Crippen molar-refractivity contribution >= 4 is 30.6 Å². The molecule has 0 aliphatic heterocycles. The number of nitrogens with zero attached hydrogens (tertiary/aromatic N) is 2. The highest BCUT2D eigenvalue weighted by Crippen LogP contribution is 2.23. The van der Waals surface area contributed by atoms with Gasteiger partial charge in [0.05, 0.1) is 11.0 Å². The maximum Gasteiger partial charge on any atom is 0.248 e. The monoisotopic (exact) mass is 329 g/mol. The zero-order valence-electron chi connectivity index (χ0n) is 12.5. The highest BCUT2D eigenvalue weighted by Gasteiger charge is 2.11. The third kappa shape index (κ3) is 3.10. The molecule has 0 saturated heterocycles. The van der Waals surface area contributed by atoms with Gasteiger partial charge in [0.1, 0.15) is 5.82 Å².